The predicted molar refractivity (Wildman–Crippen MR) is 59.8 cm³/mol. The molecule has 70 valence electrons. The molecule has 0 rings (SSSR count). The minimum atomic E-state index is -1.10. The van der Waals surface area contributed by atoms with E-state index in [1.54, 1.807) is 0 Å². The fourth-order valence-corrected chi connectivity index (χ4v) is 1.51. The van der Waals surface area contributed by atoms with Crippen molar-refractivity contribution in [2.45, 2.75) is 52.8 Å². The van der Waals surface area contributed by atoms with Crippen molar-refractivity contribution in [1.82, 2.24) is 0 Å². The Bertz CT molecular complexity index is 166. The molecule has 0 amide bonds. The molecule has 1 heteroatoms. The summed E-state index contributed by atoms with van der Waals surface area (Å²) in [5.74, 6) is 4.15. The van der Waals surface area contributed by atoms with Crippen molar-refractivity contribution in [1.29, 1.82) is 0 Å². The largest absolute Gasteiger partial charge is 0.132 e. The molecule has 0 nitrogen and oxygen atoms in total. The molecule has 1 atom stereocenters. The normalized spacial score (nSPS) is 13.4. The molecule has 0 aromatic rings. The molecule has 0 spiro atoms. The Labute approximate surface area is 78.8 Å². The van der Waals surface area contributed by atoms with Gasteiger partial charge in [0.25, 0.3) is 0 Å². The molecule has 12 heavy (non-hydrogen) atoms. The summed E-state index contributed by atoms with van der Waals surface area (Å²) in [6.45, 7) is 11.4. The molecule has 0 aromatic carbocycles. The van der Waals surface area contributed by atoms with Crippen LogP contribution >= 0.6 is 0 Å². The lowest BCUT2D eigenvalue weighted by Gasteiger charge is -2.05. The van der Waals surface area contributed by atoms with E-state index in [4.69, 9.17) is 0 Å². The average Bonchev–Trinajstić information content (AvgIpc) is 1.96. The second-order valence-corrected chi connectivity index (χ2v) is 9.35. The lowest BCUT2D eigenvalue weighted by molar-refractivity contribution is 0.525. The molecule has 0 bridgehead atoms. The number of hydrogen-bond donors (Lipinski definition) is 0. The van der Waals surface area contributed by atoms with Crippen molar-refractivity contribution in [2.75, 3.05) is 0 Å². The zero-order chi connectivity index (χ0) is 9.61. The lowest BCUT2D eigenvalue weighted by atomic mass is 10.0. The van der Waals surface area contributed by atoms with E-state index in [2.05, 4.69) is 45.0 Å². The van der Waals surface area contributed by atoms with E-state index in [0.29, 0.717) is 0 Å². The van der Waals surface area contributed by atoms with Crippen molar-refractivity contribution in [3.63, 3.8) is 0 Å². The van der Waals surface area contributed by atoms with Crippen LogP contribution in [0.4, 0.5) is 0 Å². The molecular weight excluding hydrogens is 160 g/mol. The maximum Gasteiger partial charge on any atom is 0.129 e. The van der Waals surface area contributed by atoms with E-state index in [9.17, 15) is 0 Å². The monoisotopic (exact) mass is 182 g/mol. The predicted octanol–water partition coefficient (Wildman–Crippen LogP) is 3.69. The van der Waals surface area contributed by atoms with Gasteiger partial charge in [0.2, 0.25) is 0 Å². The van der Waals surface area contributed by atoms with Gasteiger partial charge in [-0.25, -0.2) is 0 Å². The molecule has 0 heterocycles. The van der Waals surface area contributed by atoms with Gasteiger partial charge in [0.1, 0.15) is 8.07 Å². The quantitative estimate of drug-likeness (QED) is 0.461. The summed E-state index contributed by atoms with van der Waals surface area (Å²) in [5, 5.41) is 0. The second-order valence-electron chi connectivity index (χ2n) is 4.60. The molecule has 1 unspecified atom stereocenters. The van der Waals surface area contributed by atoms with Gasteiger partial charge in [0.15, 0.2) is 0 Å². The van der Waals surface area contributed by atoms with Gasteiger partial charge in [-0.15, -0.1) is 11.5 Å². The Morgan fingerprint density at radius 3 is 2.25 bits per heavy atom. The van der Waals surface area contributed by atoms with Gasteiger partial charge in [-0.1, -0.05) is 39.9 Å². The maximum absolute atomic E-state index is 3.39. The summed E-state index contributed by atoms with van der Waals surface area (Å²) in [7, 11) is -1.10. The van der Waals surface area contributed by atoms with Crippen LogP contribution in [0.15, 0.2) is 0 Å². The first-order valence-corrected chi connectivity index (χ1v) is 8.45. The summed E-state index contributed by atoms with van der Waals surface area (Å²) in [6, 6.07) is 0. The van der Waals surface area contributed by atoms with E-state index in [1.807, 2.05) is 0 Å². The molecule has 0 N–H and O–H groups in total. The third kappa shape index (κ3) is 7.88. The Morgan fingerprint density at radius 2 is 1.83 bits per heavy atom. The molecule has 0 aliphatic heterocycles. The van der Waals surface area contributed by atoms with Crippen molar-refractivity contribution in [3.05, 3.63) is 0 Å². The van der Waals surface area contributed by atoms with Gasteiger partial charge in [-0.3, -0.25) is 0 Å². The highest BCUT2D eigenvalue weighted by Gasteiger charge is 2.06. The van der Waals surface area contributed by atoms with Crippen LogP contribution < -0.4 is 0 Å². The molecule has 0 aliphatic rings. The first-order chi connectivity index (χ1) is 5.45. The first kappa shape index (κ1) is 11.8. The minimum Gasteiger partial charge on any atom is -0.132 e. The van der Waals surface area contributed by atoms with Crippen LogP contribution in [0, 0.1) is 17.4 Å². The second kappa shape index (κ2) is 5.43. The summed E-state index contributed by atoms with van der Waals surface area (Å²) < 4.78 is 0. The van der Waals surface area contributed by atoms with Crippen molar-refractivity contribution in [3.8, 4) is 11.5 Å². The molecule has 0 aliphatic carbocycles. The van der Waals surface area contributed by atoms with E-state index < -0.39 is 8.07 Å². The molecule has 0 saturated carbocycles. The Hall–Kier alpha value is -0.223. The first-order valence-electron chi connectivity index (χ1n) is 4.95. The summed E-state index contributed by atoms with van der Waals surface area (Å²) in [5.41, 5.74) is 3.39. The number of hydrogen-bond acceptors (Lipinski definition) is 0. The smallest absolute Gasteiger partial charge is 0.129 e. The fourth-order valence-electron chi connectivity index (χ4n) is 0.850. The van der Waals surface area contributed by atoms with Crippen LogP contribution in [0.5, 0.6) is 0 Å². The van der Waals surface area contributed by atoms with Crippen LogP contribution in [0.25, 0.3) is 0 Å². The summed E-state index contributed by atoms with van der Waals surface area (Å²) in [6.07, 6.45) is 3.65. The van der Waals surface area contributed by atoms with Crippen LogP contribution in [-0.2, 0) is 0 Å². The van der Waals surface area contributed by atoms with Gasteiger partial charge in [0.05, 0.1) is 0 Å². The zero-order valence-corrected chi connectivity index (χ0v) is 10.2. The third-order valence-electron chi connectivity index (χ3n) is 1.92. The van der Waals surface area contributed by atoms with Crippen molar-refractivity contribution < 1.29 is 0 Å². The summed E-state index contributed by atoms with van der Waals surface area (Å²) >= 11 is 0. The summed E-state index contributed by atoms with van der Waals surface area (Å²) in [4.78, 5) is 0. The van der Waals surface area contributed by atoms with Crippen LogP contribution in [0.1, 0.15) is 33.1 Å². The molecule has 0 saturated heterocycles. The number of rotatable bonds is 3. The lowest BCUT2D eigenvalue weighted by Crippen LogP contribution is -2.16. The minimum absolute atomic E-state index is 0.848. The topological polar surface area (TPSA) is 0 Å². The molecule has 0 radical (unpaired) electrons. The standard InChI is InChI=1S/C11H22Si/c1-6-11(2)9-7-8-10-12(3,4)5/h11H,6-7,9H2,1-5H3. The van der Waals surface area contributed by atoms with Crippen LogP contribution in [-0.4, -0.2) is 8.07 Å². The van der Waals surface area contributed by atoms with Crippen LogP contribution in [0.3, 0.4) is 0 Å². The van der Waals surface area contributed by atoms with Gasteiger partial charge in [0, 0.05) is 6.42 Å². The molecule has 0 aromatic heterocycles. The highest BCUT2D eigenvalue weighted by Crippen LogP contribution is 2.08. The molecular formula is C11H22Si. The van der Waals surface area contributed by atoms with E-state index in [1.165, 1.54) is 12.8 Å². The third-order valence-corrected chi connectivity index (χ3v) is 2.85. The van der Waals surface area contributed by atoms with Gasteiger partial charge in [-0.05, 0) is 12.3 Å². The van der Waals surface area contributed by atoms with Gasteiger partial charge in [-0.2, -0.15) is 0 Å². The average molecular weight is 182 g/mol. The SMILES string of the molecule is CCC(C)CCC#C[Si](C)(C)C. The van der Waals surface area contributed by atoms with Crippen LogP contribution in [0.2, 0.25) is 19.6 Å². The van der Waals surface area contributed by atoms with Gasteiger partial charge >= 0.3 is 0 Å². The Balaban J connectivity index is 3.60. The molecule has 0 fully saturated rings. The fraction of sp³-hybridized carbons (Fsp3) is 0.818. The highest BCUT2D eigenvalue weighted by atomic mass is 28.3. The maximum atomic E-state index is 3.39. The van der Waals surface area contributed by atoms with E-state index in [-0.39, 0.29) is 0 Å². The van der Waals surface area contributed by atoms with E-state index >= 15 is 0 Å². The van der Waals surface area contributed by atoms with Gasteiger partial charge < -0.3 is 0 Å². The highest BCUT2D eigenvalue weighted by molar-refractivity contribution is 6.83. The Kier molecular flexibility index (Phi) is 5.33. The van der Waals surface area contributed by atoms with Crippen molar-refractivity contribution in [2.24, 2.45) is 5.92 Å². The van der Waals surface area contributed by atoms with E-state index in [0.717, 1.165) is 12.3 Å². The Morgan fingerprint density at radius 1 is 1.25 bits per heavy atom. The van der Waals surface area contributed by atoms with Crippen molar-refractivity contribution >= 4 is 8.07 Å². The zero-order valence-electron chi connectivity index (χ0n) is 9.20.